The van der Waals surface area contributed by atoms with Gasteiger partial charge in [-0.15, -0.1) is 0 Å². The molecule has 0 aromatic heterocycles. The van der Waals surface area contributed by atoms with Gasteiger partial charge in [0.2, 0.25) is 5.91 Å². The van der Waals surface area contributed by atoms with Gasteiger partial charge in [-0.25, -0.2) is 0 Å². The number of carbonyl (C=O) groups excluding carboxylic acids is 4. The lowest BCUT2D eigenvalue weighted by Crippen LogP contribution is -2.75. The number of hydrogen-bond acceptors (Lipinski definition) is 10. The van der Waals surface area contributed by atoms with Gasteiger partial charge in [0.05, 0.1) is 24.7 Å². The van der Waals surface area contributed by atoms with Crippen LogP contribution in [-0.2, 0) is 32.8 Å². The zero-order chi connectivity index (χ0) is 34.2. The fraction of sp³-hybridized carbons (Fsp3) is 0.543. The molecule has 1 amide bonds. The number of aliphatic hydroxyl groups excluding tert-OH is 1. The zero-order valence-corrected chi connectivity index (χ0v) is 27.7. The van der Waals surface area contributed by atoms with Crippen molar-refractivity contribution in [3.8, 4) is 22.6 Å². The molecule has 3 aliphatic rings. The summed E-state index contributed by atoms with van der Waals surface area (Å²) in [6.45, 7) is 6.37. The highest BCUT2D eigenvalue weighted by atomic mass is 16.5. The van der Waals surface area contributed by atoms with Crippen molar-refractivity contribution in [2.24, 2.45) is 29.4 Å². The van der Waals surface area contributed by atoms with E-state index in [1.807, 2.05) is 64.0 Å². The van der Waals surface area contributed by atoms with Crippen LogP contribution >= 0.6 is 0 Å². The number of fused-ring (bicyclic) bond motifs is 3. The van der Waals surface area contributed by atoms with E-state index in [1.165, 1.54) is 0 Å². The Morgan fingerprint density at radius 2 is 1.72 bits per heavy atom. The first-order valence-corrected chi connectivity index (χ1v) is 15.6. The molecule has 2 aromatic carbocycles. The standard InChI is InChI=1S/C35H45N3O8/c1-34(2,3)22-14-18(19-11-16(15-37(4)5)9-10-23(19)46-8)20-12-17-13-21-27(38(6)7)30(41)26(33(36)44)32(43)35(21,45)31(42)24(17)29(40)25(20)28(22)39/h9-11,14,17,21,24,26-27,30,39,41,45H,12-13,15H2,1-8H3,(H2,36,44)/t17-,21-,24?,26?,27-,30?,35-/m1/s1. The normalized spacial score (nSPS) is 29.4. The average Bonchev–Trinajstić information content (AvgIpc) is 2.93. The maximum absolute atomic E-state index is 14.5. The highest BCUT2D eigenvalue weighted by Gasteiger charge is 2.69. The van der Waals surface area contributed by atoms with E-state index < -0.39 is 70.1 Å². The van der Waals surface area contributed by atoms with Gasteiger partial charge < -0.3 is 35.6 Å². The SMILES string of the molecule is COc1ccc(CN(C)C)cc1-c1cc(C(C)(C)C)c(O)c2c1C[C@@H]1C[C@@H]3[C@@H](N(C)C)C(O)C(C(N)=O)C(=O)[C@]3(O)C(=O)C1C2=O. The van der Waals surface area contributed by atoms with Crippen LogP contribution in [0.25, 0.3) is 11.1 Å². The summed E-state index contributed by atoms with van der Waals surface area (Å²) in [5.41, 5.74) is 5.62. The van der Waals surface area contributed by atoms with E-state index in [1.54, 1.807) is 26.1 Å². The molecule has 0 aliphatic heterocycles. The highest BCUT2D eigenvalue weighted by Crippen LogP contribution is 2.54. The number of benzene rings is 2. The fourth-order valence-corrected chi connectivity index (χ4v) is 8.13. The molecule has 0 spiro atoms. The van der Waals surface area contributed by atoms with Crippen molar-refractivity contribution in [2.45, 2.75) is 63.3 Å². The Bertz CT molecular complexity index is 1630. The minimum atomic E-state index is -2.72. The zero-order valence-electron chi connectivity index (χ0n) is 27.7. The number of hydrogen-bond donors (Lipinski definition) is 4. The lowest BCUT2D eigenvalue weighted by Gasteiger charge is -2.55. The van der Waals surface area contributed by atoms with E-state index in [0.717, 1.165) is 11.1 Å². The number of methoxy groups -OCH3 is 1. The third kappa shape index (κ3) is 5.04. The topological polar surface area (TPSA) is 171 Å². The minimum Gasteiger partial charge on any atom is -0.507 e. The molecule has 2 aromatic rings. The number of amides is 1. The maximum Gasteiger partial charge on any atom is 0.230 e. The Balaban J connectivity index is 1.75. The van der Waals surface area contributed by atoms with Crippen molar-refractivity contribution in [3.63, 3.8) is 0 Å². The molecule has 0 heterocycles. The predicted molar refractivity (Wildman–Crippen MR) is 170 cm³/mol. The van der Waals surface area contributed by atoms with Gasteiger partial charge in [0.1, 0.15) is 17.4 Å². The van der Waals surface area contributed by atoms with Gasteiger partial charge in [0, 0.05) is 29.6 Å². The van der Waals surface area contributed by atoms with E-state index in [4.69, 9.17) is 10.5 Å². The molecule has 0 bridgehead atoms. The number of Topliss-reactive ketones (excluding diaryl/α,β-unsaturated/α-hetero) is 3. The van der Waals surface area contributed by atoms with Gasteiger partial charge >= 0.3 is 0 Å². The molecule has 3 unspecified atom stereocenters. The van der Waals surface area contributed by atoms with Crippen molar-refractivity contribution in [1.29, 1.82) is 0 Å². The van der Waals surface area contributed by atoms with E-state index in [9.17, 15) is 34.5 Å². The first-order chi connectivity index (χ1) is 21.4. The molecular weight excluding hydrogens is 590 g/mol. The fourth-order valence-electron chi connectivity index (χ4n) is 8.13. The lowest BCUT2D eigenvalue weighted by molar-refractivity contribution is -0.190. The second kappa shape index (κ2) is 11.6. The molecular formula is C35H45N3O8. The van der Waals surface area contributed by atoms with E-state index in [2.05, 4.69) is 0 Å². The summed E-state index contributed by atoms with van der Waals surface area (Å²) in [6.07, 6.45) is -1.34. The van der Waals surface area contributed by atoms with Crippen LogP contribution in [0.1, 0.15) is 54.2 Å². The average molecular weight is 636 g/mol. The predicted octanol–water partition coefficient (Wildman–Crippen LogP) is 1.69. The maximum atomic E-state index is 14.5. The monoisotopic (exact) mass is 635 g/mol. The Morgan fingerprint density at radius 1 is 1.07 bits per heavy atom. The first kappa shape index (κ1) is 33.7. The number of rotatable bonds is 6. The molecule has 7 atom stereocenters. The molecule has 2 fully saturated rings. The number of aliphatic hydroxyl groups is 2. The third-order valence-corrected chi connectivity index (χ3v) is 10.2. The second-order valence-corrected chi connectivity index (χ2v) is 14.7. The summed E-state index contributed by atoms with van der Waals surface area (Å²) in [4.78, 5) is 58.5. The Labute approximate surface area is 269 Å². The van der Waals surface area contributed by atoms with Crippen molar-refractivity contribution >= 4 is 23.3 Å². The number of ether oxygens (including phenoxy) is 1. The molecule has 46 heavy (non-hydrogen) atoms. The van der Waals surface area contributed by atoms with Crippen LogP contribution in [-0.4, -0.2) is 101 Å². The Morgan fingerprint density at radius 3 is 2.26 bits per heavy atom. The highest BCUT2D eigenvalue weighted by molar-refractivity contribution is 6.25. The van der Waals surface area contributed by atoms with Crippen LogP contribution in [0.5, 0.6) is 11.5 Å². The van der Waals surface area contributed by atoms with Crippen LogP contribution in [0, 0.1) is 23.7 Å². The summed E-state index contributed by atoms with van der Waals surface area (Å²) in [5, 5.41) is 34.8. The van der Waals surface area contributed by atoms with Gasteiger partial charge in [-0.3, -0.25) is 19.2 Å². The number of primary amides is 1. The van der Waals surface area contributed by atoms with Crippen molar-refractivity contribution in [1.82, 2.24) is 9.80 Å². The molecule has 0 radical (unpaired) electrons. The number of aromatic hydroxyl groups is 1. The molecule has 5 rings (SSSR count). The molecule has 248 valence electrons. The molecule has 2 saturated carbocycles. The first-order valence-electron chi connectivity index (χ1n) is 15.6. The number of ketones is 3. The van der Waals surface area contributed by atoms with Crippen molar-refractivity contribution in [2.75, 3.05) is 35.3 Å². The van der Waals surface area contributed by atoms with Crippen LogP contribution < -0.4 is 10.5 Å². The summed E-state index contributed by atoms with van der Waals surface area (Å²) in [7, 11) is 8.73. The van der Waals surface area contributed by atoms with Crippen LogP contribution in [0.2, 0.25) is 0 Å². The Hall–Kier alpha value is -3.64. The largest absolute Gasteiger partial charge is 0.507 e. The van der Waals surface area contributed by atoms with Crippen LogP contribution in [0.3, 0.4) is 0 Å². The van der Waals surface area contributed by atoms with Crippen LogP contribution in [0.4, 0.5) is 0 Å². The quantitative estimate of drug-likeness (QED) is 0.343. The molecule has 3 aliphatic carbocycles. The number of carbonyl (C=O) groups is 4. The number of nitrogens with two attached hydrogens (primary N) is 1. The lowest BCUT2D eigenvalue weighted by atomic mass is 9.51. The van der Waals surface area contributed by atoms with Crippen LogP contribution in [0.15, 0.2) is 24.3 Å². The third-order valence-electron chi connectivity index (χ3n) is 10.2. The molecule has 5 N–H and O–H groups in total. The van der Waals surface area contributed by atoms with E-state index in [0.29, 0.717) is 29.0 Å². The summed E-state index contributed by atoms with van der Waals surface area (Å²) in [6, 6.07) is 6.75. The molecule has 11 nitrogen and oxygen atoms in total. The number of likely N-dealkylation sites (N-methyl/N-ethyl adjacent to an activating group) is 1. The van der Waals surface area contributed by atoms with E-state index in [-0.39, 0.29) is 24.2 Å². The van der Waals surface area contributed by atoms with Gasteiger partial charge in [-0.1, -0.05) is 26.8 Å². The summed E-state index contributed by atoms with van der Waals surface area (Å²) < 4.78 is 5.78. The van der Waals surface area contributed by atoms with E-state index >= 15 is 0 Å². The van der Waals surface area contributed by atoms with Gasteiger partial charge in [-0.2, -0.15) is 0 Å². The minimum absolute atomic E-state index is 0.0157. The van der Waals surface area contributed by atoms with Crippen molar-refractivity contribution < 1.29 is 39.2 Å². The number of phenols is 1. The number of nitrogens with zero attached hydrogens (tertiary/aromatic N) is 2. The summed E-state index contributed by atoms with van der Waals surface area (Å²) >= 11 is 0. The molecule has 11 heteroatoms. The van der Waals surface area contributed by atoms with Crippen molar-refractivity contribution in [3.05, 3.63) is 46.5 Å². The summed E-state index contributed by atoms with van der Waals surface area (Å²) in [5.74, 6) is -8.75. The van der Waals surface area contributed by atoms with Gasteiger partial charge in [-0.05, 0) is 87.3 Å². The van der Waals surface area contributed by atoms with Gasteiger partial charge in [0.25, 0.3) is 0 Å². The smallest absolute Gasteiger partial charge is 0.230 e. The molecule has 0 saturated heterocycles. The van der Waals surface area contributed by atoms with Gasteiger partial charge in [0.15, 0.2) is 23.0 Å². The Kier molecular flexibility index (Phi) is 8.47. The number of phenolic OH excluding ortho intramolecular Hbond substituents is 1. The second-order valence-electron chi connectivity index (χ2n) is 14.7.